The van der Waals surface area contributed by atoms with E-state index in [4.69, 9.17) is 27.1 Å². The van der Waals surface area contributed by atoms with Gasteiger partial charge in [-0.15, -0.1) is 0 Å². The van der Waals surface area contributed by atoms with Gasteiger partial charge >= 0.3 is 6.09 Å². The van der Waals surface area contributed by atoms with E-state index in [0.717, 1.165) is 0 Å². The van der Waals surface area contributed by atoms with Gasteiger partial charge in [-0.25, -0.2) is 19.7 Å². The second-order valence-electron chi connectivity index (χ2n) is 8.97. The van der Waals surface area contributed by atoms with Gasteiger partial charge in [0.05, 0.1) is 28.0 Å². The summed E-state index contributed by atoms with van der Waals surface area (Å²) in [5, 5.41) is 15.8. The van der Waals surface area contributed by atoms with Crippen LogP contribution in [-0.2, 0) is 4.74 Å². The maximum atomic E-state index is 13.6. The van der Waals surface area contributed by atoms with Crippen molar-refractivity contribution in [2.24, 2.45) is 0 Å². The number of hydrogen-bond donors (Lipinski definition) is 3. The van der Waals surface area contributed by atoms with Crippen molar-refractivity contribution >= 4 is 40.2 Å². The third kappa shape index (κ3) is 5.78. The Morgan fingerprint density at radius 1 is 1.31 bits per heavy atom. The van der Waals surface area contributed by atoms with Crippen molar-refractivity contribution in [2.45, 2.75) is 52.3 Å². The number of anilines is 2. The number of halogens is 1. The highest BCUT2D eigenvalue weighted by Crippen LogP contribution is 2.25. The van der Waals surface area contributed by atoms with Crippen LogP contribution in [0.3, 0.4) is 0 Å². The number of amides is 1. The zero-order chi connectivity index (χ0) is 25.9. The summed E-state index contributed by atoms with van der Waals surface area (Å²) in [6, 6.07) is 5.88. The predicted octanol–water partition coefficient (Wildman–Crippen LogP) is 3.55. The number of nitriles is 1. The smallest absolute Gasteiger partial charge is 0.407 e. The third-order valence-electron chi connectivity index (χ3n) is 5.02. The maximum absolute atomic E-state index is 13.6. The average molecular weight is 499 g/mol. The van der Waals surface area contributed by atoms with E-state index < -0.39 is 23.8 Å². The predicted molar refractivity (Wildman–Crippen MR) is 133 cm³/mol. The molecule has 1 unspecified atom stereocenters. The number of nitrogens with zero attached hydrogens (tertiary/aromatic N) is 5. The van der Waals surface area contributed by atoms with Crippen LogP contribution >= 0.6 is 11.6 Å². The summed E-state index contributed by atoms with van der Waals surface area (Å²) in [5.74, 6) is 0.589. The second-order valence-corrected chi connectivity index (χ2v) is 9.38. The van der Waals surface area contributed by atoms with Gasteiger partial charge in [-0.3, -0.25) is 9.36 Å². The molecule has 0 aliphatic heterocycles. The first-order valence-electron chi connectivity index (χ1n) is 10.9. The molecule has 12 heteroatoms. The number of ether oxygens (including phenoxy) is 1. The Morgan fingerprint density at radius 2 is 2.03 bits per heavy atom. The second kappa shape index (κ2) is 10.1. The number of benzene rings is 1. The molecule has 0 aliphatic carbocycles. The lowest BCUT2D eigenvalue weighted by molar-refractivity contribution is 0.0520. The fourth-order valence-electron chi connectivity index (χ4n) is 3.48. The molecule has 0 radical (unpaired) electrons. The Labute approximate surface area is 207 Å². The number of carbonyl (C=O) groups excluding carboxylic acids is 1. The van der Waals surface area contributed by atoms with Gasteiger partial charge in [0.15, 0.2) is 0 Å². The molecule has 2 aromatic heterocycles. The molecule has 2 heterocycles. The molecule has 11 nitrogen and oxygen atoms in total. The minimum atomic E-state index is -0.663. The lowest BCUT2D eigenvalue weighted by Gasteiger charge is -2.25. The average Bonchev–Trinajstić information content (AvgIpc) is 2.76. The minimum absolute atomic E-state index is 0.0303. The van der Waals surface area contributed by atoms with Gasteiger partial charge < -0.3 is 21.1 Å². The monoisotopic (exact) mass is 498 g/mol. The van der Waals surface area contributed by atoms with Crippen LogP contribution in [0.1, 0.15) is 58.1 Å². The van der Waals surface area contributed by atoms with Crippen LogP contribution in [0.25, 0.3) is 10.9 Å². The fraction of sp³-hybridized carbons (Fsp3) is 0.391. The van der Waals surface area contributed by atoms with E-state index in [2.05, 4.69) is 20.6 Å². The molecule has 0 fully saturated rings. The Bertz CT molecular complexity index is 1360. The first-order chi connectivity index (χ1) is 16.4. The topological polar surface area (TPSA) is 161 Å². The summed E-state index contributed by atoms with van der Waals surface area (Å²) in [5.41, 5.74) is 5.26. The molecule has 1 amide bonds. The first kappa shape index (κ1) is 25.7. The molecular formula is C23H27ClN8O3. The summed E-state index contributed by atoms with van der Waals surface area (Å²) in [6.07, 6.45) is 0.631. The number of fused-ring (bicyclic) bond motifs is 1. The molecule has 2 atom stereocenters. The molecule has 1 aromatic carbocycles. The molecule has 4 N–H and O–H groups in total. The van der Waals surface area contributed by atoms with Gasteiger partial charge in [0, 0.05) is 6.54 Å². The van der Waals surface area contributed by atoms with Gasteiger partial charge in [-0.05, 0) is 46.8 Å². The van der Waals surface area contributed by atoms with Gasteiger partial charge in [-0.1, -0.05) is 17.7 Å². The zero-order valence-corrected chi connectivity index (χ0v) is 20.8. The highest BCUT2D eigenvalue weighted by atomic mass is 35.5. The Balaban J connectivity index is 2.04. The van der Waals surface area contributed by atoms with Crippen molar-refractivity contribution in [3.05, 3.63) is 51.3 Å². The summed E-state index contributed by atoms with van der Waals surface area (Å²) < 4.78 is 6.75. The molecule has 0 saturated heterocycles. The van der Waals surface area contributed by atoms with E-state index in [1.807, 2.05) is 6.07 Å². The maximum Gasteiger partial charge on any atom is 0.407 e. The number of rotatable bonds is 6. The fourth-order valence-corrected chi connectivity index (χ4v) is 3.73. The van der Waals surface area contributed by atoms with Gasteiger partial charge in [-0.2, -0.15) is 5.26 Å². The minimum Gasteiger partial charge on any atom is -0.444 e. The van der Waals surface area contributed by atoms with E-state index in [1.165, 1.54) is 10.9 Å². The van der Waals surface area contributed by atoms with Crippen molar-refractivity contribution in [1.82, 2.24) is 24.8 Å². The van der Waals surface area contributed by atoms with E-state index in [0.29, 0.717) is 11.3 Å². The number of nitrogen functional groups attached to an aromatic ring is 1. The number of nitrogens with one attached hydrogen (secondary N) is 2. The quantitative estimate of drug-likeness (QED) is 0.461. The van der Waals surface area contributed by atoms with E-state index in [9.17, 15) is 14.9 Å². The van der Waals surface area contributed by atoms with Crippen molar-refractivity contribution < 1.29 is 9.53 Å². The van der Waals surface area contributed by atoms with Crippen molar-refractivity contribution in [3.8, 4) is 6.07 Å². The lowest BCUT2D eigenvalue weighted by Crippen LogP contribution is -2.39. The SMILES string of the molecule is CC(CNC(=O)OC(C)(C)C)n1c([C@H](C)Nc2ncnc(N)c2C#N)nc2cccc(Cl)c2c1=O. The van der Waals surface area contributed by atoms with Crippen LogP contribution in [0.15, 0.2) is 29.3 Å². The third-order valence-corrected chi connectivity index (χ3v) is 5.33. The molecule has 0 bridgehead atoms. The number of nitrogens with two attached hydrogens (primary N) is 1. The van der Waals surface area contributed by atoms with Gasteiger partial charge in [0.25, 0.3) is 5.56 Å². The largest absolute Gasteiger partial charge is 0.444 e. The number of aromatic nitrogens is 4. The molecule has 3 rings (SSSR count). The standard InChI is InChI=1S/C23H27ClN8O3/c1-12(10-27-22(34)35-23(3,4)5)32-20(31-16-8-6-7-15(24)17(16)21(32)33)13(2)30-19-14(9-25)18(26)28-11-29-19/h6-8,11-13H,10H2,1-5H3,(H,27,34)(H3,26,28,29,30)/t12?,13-/m0/s1. The summed E-state index contributed by atoms with van der Waals surface area (Å²) in [7, 11) is 0. The Hall–Kier alpha value is -3.91. The van der Waals surface area contributed by atoms with E-state index in [1.54, 1.807) is 52.8 Å². The first-order valence-corrected chi connectivity index (χ1v) is 11.2. The summed E-state index contributed by atoms with van der Waals surface area (Å²) in [4.78, 5) is 38.4. The molecular weight excluding hydrogens is 472 g/mol. The van der Waals surface area contributed by atoms with Crippen LogP contribution in [0.2, 0.25) is 5.02 Å². The lowest BCUT2D eigenvalue weighted by atomic mass is 10.1. The van der Waals surface area contributed by atoms with Crippen LogP contribution in [0.4, 0.5) is 16.4 Å². The van der Waals surface area contributed by atoms with Crippen LogP contribution in [-0.4, -0.2) is 37.8 Å². The van der Waals surface area contributed by atoms with Crippen LogP contribution < -0.4 is 21.9 Å². The van der Waals surface area contributed by atoms with Gasteiger partial charge in [0.1, 0.15) is 41.0 Å². The molecule has 0 spiro atoms. The molecule has 3 aromatic rings. The number of hydrogen-bond acceptors (Lipinski definition) is 9. The number of alkyl carbamates (subject to hydrolysis) is 1. The van der Waals surface area contributed by atoms with Crippen molar-refractivity contribution in [1.29, 1.82) is 5.26 Å². The normalized spacial score (nSPS) is 13.1. The van der Waals surface area contributed by atoms with Gasteiger partial charge in [0.2, 0.25) is 0 Å². The number of carbonyl (C=O) groups is 1. The highest BCUT2D eigenvalue weighted by Gasteiger charge is 2.24. The van der Waals surface area contributed by atoms with Crippen LogP contribution in [0.5, 0.6) is 0 Å². The Morgan fingerprint density at radius 3 is 2.69 bits per heavy atom. The van der Waals surface area contributed by atoms with Crippen molar-refractivity contribution in [3.63, 3.8) is 0 Å². The van der Waals surface area contributed by atoms with Crippen LogP contribution in [0, 0.1) is 11.3 Å². The zero-order valence-electron chi connectivity index (χ0n) is 20.1. The summed E-state index contributed by atoms with van der Waals surface area (Å²) in [6.45, 7) is 8.91. The molecule has 0 saturated carbocycles. The molecule has 0 aliphatic rings. The Kier molecular flexibility index (Phi) is 7.45. The van der Waals surface area contributed by atoms with Crippen molar-refractivity contribution in [2.75, 3.05) is 17.6 Å². The molecule has 184 valence electrons. The summed E-state index contributed by atoms with van der Waals surface area (Å²) >= 11 is 6.33. The van der Waals surface area contributed by atoms with E-state index >= 15 is 0 Å². The highest BCUT2D eigenvalue weighted by molar-refractivity contribution is 6.35. The van der Waals surface area contributed by atoms with E-state index in [-0.39, 0.29) is 39.7 Å². The molecule has 35 heavy (non-hydrogen) atoms.